The van der Waals surface area contributed by atoms with Crippen LogP contribution in [0, 0.1) is 0 Å². The molecule has 0 radical (unpaired) electrons. The van der Waals surface area contributed by atoms with Crippen LogP contribution in [0.15, 0.2) is 206 Å². The van der Waals surface area contributed by atoms with E-state index < -0.39 is 0 Å². The van der Waals surface area contributed by atoms with Crippen molar-refractivity contribution in [2.45, 2.75) is 0 Å². The van der Waals surface area contributed by atoms with Gasteiger partial charge in [0.05, 0.1) is 16.7 Å². The first-order valence-electron chi connectivity index (χ1n) is 18.6. The third-order valence-electron chi connectivity index (χ3n) is 11.1. The largest absolute Gasteiger partial charge is 0.310 e. The molecule has 0 unspecified atom stereocenters. The van der Waals surface area contributed by atoms with E-state index in [1.165, 1.54) is 76.0 Å². The van der Waals surface area contributed by atoms with Gasteiger partial charge in [-0.05, 0) is 109 Å². The first kappa shape index (κ1) is 30.5. The fourth-order valence-corrected chi connectivity index (χ4v) is 8.67. The number of rotatable bonds is 5. The van der Waals surface area contributed by atoms with Crippen molar-refractivity contribution in [3.05, 3.63) is 206 Å². The molecule has 0 spiro atoms. The molecule has 0 atom stereocenters. The summed E-state index contributed by atoms with van der Waals surface area (Å²) >= 11 is 0. The highest BCUT2D eigenvalue weighted by atomic mass is 15.1. The molecule has 10 aromatic carbocycles. The van der Waals surface area contributed by atoms with E-state index in [4.69, 9.17) is 0 Å². The molecule has 252 valence electrons. The summed E-state index contributed by atoms with van der Waals surface area (Å²) in [5.74, 6) is 0. The minimum Gasteiger partial charge on any atom is -0.310 e. The van der Waals surface area contributed by atoms with Gasteiger partial charge in [-0.25, -0.2) is 0 Å². The molecule has 0 fully saturated rings. The van der Waals surface area contributed by atoms with Crippen molar-refractivity contribution in [2.24, 2.45) is 0 Å². The summed E-state index contributed by atoms with van der Waals surface area (Å²) in [7, 11) is 0. The zero-order valence-electron chi connectivity index (χ0n) is 29.5. The van der Waals surface area contributed by atoms with Gasteiger partial charge in [0, 0.05) is 33.2 Å². The van der Waals surface area contributed by atoms with Gasteiger partial charge < -0.3 is 9.47 Å². The van der Waals surface area contributed by atoms with Crippen LogP contribution in [-0.2, 0) is 0 Å². The van der Waals surface area contributed by atoms with E-state index in [0.29, 0.717) is 0 Å². The lowest BCUT2D eigenvalue weighted by Crippen LogP contribution is -2.10. The Morgan fingerprint density at radius 3 is 1.69 bits per heavy atom. The molecular weight excluding hydrogens is 653 g/mol. The van der Waals surface area contributed by atoms with E-state index in [1.54, 1.807) is 0 Å². The number of hydrogen-bond donors (Lipinski definition) is 0. The van der Waals surface area contributed by atoms with E-state index in [0.717, 1.165) is 22.7 Å². The summed E-state index contributed by atoms with van der Waals surface area (Å²) in [5, 5.41) is 12.6. The number of aromatic nitrogens is 1. The smallest absolute Gasteiger partial charge is 0.0546 e. The van der Waals surface area contributed by atoms with Crippen molar-refractivity contribution in [1.29, 1.82) is 0 Å². The highest BCUT2D eigenvalue weighted by Crippen LogP contribution is 2.45. The molecule has 2 nitrogen and oxygen atoms in total. The topological polar surface area (TPSA) is 8.17 Å². The van der Waals surface area contributed by atoms with Crippen LogP contribution in [0.5, 0.6) is 0 Å². The van der Waals surface area contributed by atoms with Crippen molar-refractivity contribution in [2.75, 3.05) is 4.90 Å². The van der Waals surface area contributed by atoms with E-state index in [9.17, 15) is 0 Å². The standard InChI is InChI=1S/C52H34N2/c1-3-13-35(14-4-1)38-27-32-49-47(33-38)45-20-11-12-22-48(45)54(49)42-30-28-41(29-31-42)53(40-16-5-2-6-17-40)50-34-39-26-25-37-24-23-36-15-7-8-18-43(36)51(37)52(39)46-21-10-9-19-44(46)50/h1-34H. The minimum absolute atomic E-state index is 1.10. The summed E-state index contributed by atoms with van der Waals surface area (Å²) in [6, 6.07) is 75.2. The number of fused-ring (bicyclic) bond motifs is 10. The molecular formula is C52H34N2. The summed E-state index contributed by atoms with van der Waals surface area (Å²) in [4.78, 5) is 2.41. The Morgan fingerprint density at radius 2 is 0.889 bits per heavy atom. The lowest BCUT2D eigenvalue weighted by atomic mass is 9.92. The second-order valence-corrected chi connectivity index (χ2v) is 14.1. The number of nitrogens with zero attached hydrogens (tertiary/aromatic N) is 2. The van der Waals surface area contributed by atoms with Crippen molar-refractivity contribution in [3.8, 4) is 16.8 Å². The number of benzene rings is 10. The molecule has 54 heavy (non-hydrogen) atoms. The molecule has 1 heterocycles. The Morgan fingerprint density at radius 1 is 0.315 bits per heavy atom. The number of hydrogen-bond acceptors (Lipinski definition) is 1. The highest BCUT2D eigenvalue weighted by Gasteiger charge is 2.20. The molecule has 1 aromatic heterocycles. The van der Waals surface area contributed by atoms with Crippen molar-refractivity contribution in [1.82, 2.24) is 4.57 Å². The Hall–Kier alpha value is -7.16. The molecule has 0 saturated carbocycles. The Kier molecular flexibility index (Phi) is 6.90. The molecule has 0 N–H and O–H groups in total. The van der Waals surface area contributed by atoms with Crippen molar-refractivity contribution < 1.29 is 0 Å². The zero-order valence-corrected chi connectivity index (χ0v) is 29.5. The zero-order chi connectivity index (χ0) is 35.6. The SMILES string of the molecule is c1ccc(-c2ccc3c(c2)c2ccccc2n3-c2ccc(N(c3ccccc3)c3cc4ccc5ccc6ccccc6c5c4c4ccccc34)cc2)cc1. The Balaban J connectivity index is 1.11. The van der Waals surface area contributed by atoms with Gasteiger partial charge in [0.15, 0.2) is 0 Å². The number of anilines is 3. The lowest BCUT2D eigenvalue weighted by Gasteiger charge is -2.28. The Bertz CT molecular complexity index is 3200. The van der Waals surface area contributed by atoms with E-state index in [1.807, 2.05) is 0 Å². The summed E-state index contributed by atoms with van der Waals surface area (Å²) in [5.41, 5.74) is 9.36. The molecule has 0 bridgehead atoms. The normalized spacial score (nSPS) is 11.7. The van der Waals surface area contributed by atoms with Crippen LogP contribution >= 0.6 is 0 Å². The summed E-state index contributed by atoms with van der Waals surface area (Å²) < 4.78 is 2.40. The maximum absolute atomic E-state index is 2.41. The molecule has 11 aromatic rings. The minimum atomic E-state index is 1.10. The predicted octanol–water partition coefficient (Wildman–Crippen LogP) is 14.5. The van der Waals surface area contributed by atoms with E-state index in [-0.39, 0.29) is 0 Å². The van der Waals surface area contributed by atoms with Gasteiger partial charge >= 0.3 is 0 Å². The van der Waals surface area contributed by atoms with E-state index >= 15 is 0 Å². The van der Waals surface area contributed by atoms with Gasteiger partial charge in [0.2, 0.25) is 0 Å². The monoisotopic (exact) mass is 686 g/mol. The number of para-hydroxylation sites is 2. The average molecular weight is 687 g/mol. The van der Waals surface area contributed by atoms with Crippen molar-refractivity contribution in [3.63, 3.8) is 0 Å². The van der Waals surface area contributed by atoms with E-state index in [2.05, 4.69) is 216 Å². The van der Waals surface area contributed by atoms with Crippen LogP contribution in [0.25, 0.3) is 81.7 Å². The molecule has 0 aliphatic heterocycles. The van der Waals surface area contributed by atoms with Gasteiger partial charge in [0.1, 0.15) is 0 Å². The van der Waals surface area contributed by atoms with Crippen LogP contribution in [0.2, 0.25) is 0 Å². The first-order valence-corrected chi connectivity index (χ1v) is 18.6. The van der Waals surface area contributed by atoms with Gasteiger partial charge in [-0.3, -0.25) is 0 Å². The molecule has 0 aliphatic carbocycles. The fourth-order valence-electron chi connectivity index (χ4n) is 8.67. The molecule has 2 heteroatoms. The highest BCUT2D eigenvalue weighted by molar-refractivity contribution is 6.29. The average Bonchev–Trinajstić information content (AvgIpc) is 3.58. The lowest BCUT2D eigenvalue weighted by molar-refractivity contribution is 1.17. The molecule has 0 amide bonds. The van der Waals surface area contributed by atoms with Gasteiger partial charge in [-0.2, -0.15) is 0 Å². The van der Waals surface area contributed by atoms with Crippen LogP contribution < -0.4 is 4.90 Å². The predicted molar refractivity (Wildman–Crippen MR) is 231 cm³/mol. The maximum atomic E-state index is 2.41. The third kappa shape index (κ3) is 4.74. The molecule has 11 rings (SSSR count). The first-order chi connectivity index (χ1) is 26.8. The second kappa shape index (κ2) is 12.2. The third-order valence-corrected chi connectivity index (χ3v) is 11.1. The van der Waals surface area contributed by atoms with Gasteiger partial charge in [-0.1, -0.05) is 146 Å². The maximum Gasteiger partial charge on any atom is 0.0546 e. The van der Waals surface area contributed by atoms with Crippen LogP contribution in [-0.4, -0.2) is 4.57 Å². The van der Waals surface area contributed by atoms with Crippen LogP contribution in [0.3, 0.4) is 0 Å². The summed E-state index contributed by atoms with van der Waals surface area (Å²) in [6.07, 6.45) is 0. The molecule has 0 saturated heterocycles. The molecule has 0 aliphatic rings. The summed E-state index contributed by atoms with van der Waals surface area (Å²) in [6.45, 7) is 0. The Labute approximate surface area is 313 Å². The van der Waals surface area contributed by atoms with Gasteiger partial charge in [0.25, 0.3) is 0 Å². The quantitative estimate of drug-likeness (QED) is 0.164. The van der Waals surface area contributed by atoms with Crippen LogP contribution in [0.4, 0.5) is 17.1 Å². The van der Waals surface area contributed by atoms with Crippen LogP contribution in [0.1, 0.15) is 0 Å². The van der Waals surface area contributed by atoms with Crippen molar-refractivity contribution >= 4 is 82.0 Å². The van der Waals surface area contributed by atoms with Gasteiger partial charge in [-0.15, -0.1) is 0 Å². The fraction of sp³-hybridized carbons (Fsp3) is 0. The second-order valence-electron chi connectivity index (χ2n) is 14.1.